The van der Waals surface area contributed by atoms with Gasteiger partial charge in [-0.1, -0.05) is 92.6 Å². The minimum atomic E-state index is -2.61. The van der Waals surface area contributed by atoms with E-state index in [1.54, 1.807) is 0 Å². The van der Waals surface area contributed by atoms with E-state index >= 15 is 4.79 Å². The van der Waals surface area contributed by atoms with Crippen LogP contribution in [0.2, 0.25) is 0 Å². The predicted octanol–water partition coefficient (Wildman–Crippen LogP) is 11.2. The lowest BCUT2D eigenvalue weighted by Crippen LogP contribution is -2.71. The van der Waals surface area contributed by atoms with Gasteiger partial charge < -0.3 is 19.6 Å². The van der Waals surface area contributed by atoms with Gasteiger partial charge in [-0.15, -0.1) is 0 Å². The van der Waals surface area contributed by atoms with Gasteiger partial charge in [-0.25, -0.2) is 8.78 Å². The molecule has 1 aromatic rings. The molecule has 65 heavy (non-hydrogen) atoms. The minimum absolute atomic E-state index is 0.0106. The molecule has 358 valence electrons. The topological polar surface area (TPSA) is 104 Å². The molecule has 1 aromatic carbocycles. The number of likely N-dealkylation sites (tertiary alicyclic amines) is 2. The number of halogens is 2. The summed E-state index contributed by atoms with van der Waals surface area (Å²) in [6, 6.07) is 9.61. The number of benzene rings is 1. The van der Waals surface area contributed by atoms with Gasteiger partial charge in [0.15, 0.2) is 5.78 Å². The van der Waals surface area contributed by atoms with Crippen LogP contribution in [0, 0.1) is 73.4 Å². The zero-order valence-electron chi connectivity index (χ0n) is 41.0. The second kappa shape index (κ2) is 15.7. The number of piperidine rings is 1. The molecule has 9 rings (SSSR count). The number of rotatable bonds is 9. The van der Waals surface area contributed by atoms with E-state index in [0.717, 1.165) is 74.5 Å². The number of carboxylic acid groups (broad SMARTS) is 1. The number of aliphatic carboxylic acids is 1. The van der Waals surface area contributed by atoms with Crippen molar-refractivity contribution in [1.29, 1.82) is 0 Å². The summed E-state index contributed by atoms with van der Waals surface area (Å²) in [4.78, 5) is 61.6. The van der Waals surface area contributed by atoms with Crippen molar-refractivity contribution in [2.24, 2.45) is 73.4 Å². The average Bonchev–Trinajstić information content (AvgIpc) is 3.83. The number of nitrogens with zero attached hydrogens (tertiary/aromatic N) is 2. The van der Waals surface area contributed by atoms with Crippen LogP contribution in [0.1, 0.15) is 158 Å². The third kappa shape index (κ3) is 6.67. The highest BCUT2D eigenvalue weighted by atomic mass is 19.3. The zero-order chi connectivity index (χ0) is 46.9. The van der Waals surface area contributed by atoms with Gasteiger partial charge >= 0.3 is 11.9 Å². The number of Topliss-reactive ketones (excluding diaryl/α,β-unsaturated/α-hetero) is 1. The van der Waals surface area contributed by atoms with E-state index in [1.807, 2.05) is 44.2 Å². The minimum Gasteiger partial charge on any atom is -0.481 e. The first-order chi connectivity index (χ1) is 30.4. The van der Waals surface area contributed by atoms with Crippen LogP contribution in [-0.2, 0) is 30.5 Å². The lowest BCUT2D eigenvalue weighted by Gasteiger charge is -2.74. The second-order valence-electron chi connectivity index (χ2n) is 25.0. The lowest BCUT2D eigenvalue weighted by atomic mass is 9.29. The first-order valence-corrected chi connectivity index (χ1v) is 25.5. The Morgan fingerprint density at radius 2 is 1.48 bits per heavy atom. The number of allylic oxidation sites excluding steroid dienone is 1. The number of esters is 1. The molecule has 8 nitrogen and oxygen atoms in total. The van der Waals surface area contributed by atoms with Crippen LogP contribution < -0.4 is 0 Å². The molecule has 0 aromatic heterocycles. The highest BCUT2D eigenvalue weighted by Gasteiger charge is 2.76. The van der Waals surface area contributed by atoms with Gasteiger partial charge in [-0.05, 0) is 144 Å². The molecule has 7 fully saturated rings. The summed E-state index contributed by atoms with van der Waals surface area (Å²) in [5, 5.41) is 11.3. The quantitative estimate of drug-likeness (QED) is 0.246. The van der Waals surface area contributed by atoms with E-state index in [2.05, 4.69) is 58.3 Å². The molecule has 10 heteroatoms. The van der Waals surface area contributed by atoms with Crippen LogP contribution >= 0.6 is 0 Å². The third-order valence-electron chi connectivity index (χ3n) is 21.6. The SMILES string of the molecule is CC(C)C1=C2[C@H]3CC[C@@H]4[C@]5(C)CC[C@H]([C@@]6(C(=O)O)C[C@@H](C(=O)OCc7ccccc7)C6(C)C)C(C)(C)[C@H]5CC[C@@]4(C)[C@]3(C)CC[C@@]2(C(=O)N2CCC[C@H]2CN2CCC(F)(F)CC2)CC1=O. The molecule has 0 bridgehead atoms. The van der Waals surface area contributed by atoms with E-state index in [1.165, 1.54) is 0 Å². The van der Waals surface area contributed by atoms with Crippen molar-refractivity contribution in [3.8, 4) is 0 Å². The fraction of sp³-hybridized carbons (Fsp3) is 0.782. The summed E-state index contributed by atoms with van der Waals surface area (Å²) in [6.45, 7) is 22.6. The van der Waals surface area contributed by atoms with Gasteiger partial charge in [0.25, 0.3) is 5.92 Å². The summed E-state index contributed by atoms with van der Waals surface area (Å²) in [5.74, 6) is -3.23. The Hall–Kier alpha value is -3.14. The van der Waals surface area contributed by atoms with Crippen LogP contribution in [0.5, 0.6) is 0 Å². The van der Waals surface area contributed by atoms with Crippen molar-refractivity contribution in [2.75, 3.05) is 26.2 Å². The lowest BCUT2D eigenvalue weighted by molar-refractivity contribution is -0.261. The largest absolute Gasteiger partial charge is 0.481 e. The fourth-order valence-corrected chi connectivity index (χ4v) is 18.0. The number of carboxylic acids is 1. The Balaban J connectivity index is 0.976. The maximum atomic E-state index is 15.4. The fourth-order valence-electron chi connectivity index (χ4n) is 18.0. The standard InChI is InChI=1S/C55H78F2N2O6/c1-34(2)43-39(60)31-53(46(62)59-27-13-16-36(59)32-58-28-25-54(56,57)26-29-58)24-23-51(8)37(44(43)53)17-18-42-50(7)21-19-41(48(3,4)40(50)20-22-52(42,51)9)55(47(63)64)30-38(49(55,5)6)45(61)65-33-35-14-11-10-12-15-35/h10-12,14-15,34,36-38,40-42H,13,16-33H2,1-9H3,(H,63,64)/t36-,37+,38-,40+,41-,42+,50+,51+,52+,53+,55+/m0/s1. The molecule has 11 atom stereocenters. The number of carbonyl (C=O) groups is 4. The summed E-state index contributed by atoms with van der Waals surface area (Å²) in [5.41, 5.74) is -0.237. The van der Waals surface area contributed by atoms with Crippen LogP contribution in [0.4, 0.5) is 8.78 Å². The van der Waals surface area contributed by atoms with E-state index in [4.69, 9.17) is 4.74 Å². The zero-order valence-corrected chi connectivity index (χ0v) is 41.0. The first-order valence-electron chi connectivity index (χ1n) is 25.5. The molecular weight excluding hydrogens is 823 g/mol. The first kappa shape index (κ1) is 46.9. The molecule has 1 amide bonds. The molecular formula is C55H78F2N2O6. The summed E-state index contributed by atoms with van der Waals surface area (Å²) in [6.07, 6.45) is 9.25. The molecule has 2 saturated heterocycles. The molecule has 2 aliphatic heterocycles. The molecule has 8 aliphatic rings. The van der Waals surface area contributed by atoms with E-state index < -0.39 is 34.1 Å². The molecule has 2 heterocycles. The van der Waals surface area contributed by atoms with Crippen molar-refractivity contribution < 1.29 is 37.8 Å². The number of hydrogen-bond donors (Lipinski definition) is 1. The van der Waals surface area contributed by atoms with E-state index in [0.29, 0.717) is 50.9 Å². The van der Waals surface area contributed by atoms with Gasteiger partial charge in [0.05, 0.1) is 16.7 Å². The number of fused-ring (bicyclic) bond motifs is 7. The Bertz CT molecular complexity index is 2120. The van der Waals surface area contributed by atoms with Crippen LogP contribution in [0.3, 0.4) is 0 Å². The molecule has 6 aliphatic carbocycles. The number of ketones is 1. The number of ether oxygens (including phenoxy) is 1. The summed E-state index contributed by atoms with van der Waals surface area (Å²) >= 11 is 0. The van der Waals surface area contributed by atoms with Crippen molar-refractivity contribution in [3.63, 3.8) is 0 Å². The summed E-state index contributed by atoms with van der Waals surface area (Å²) in [7, 11) is 0. The Morgan fingerprint density at radius 1 is 0.800 bits per heavy atom. The number of carbonyl (C=O) groups excluding carboxylic acids is 3. The number of hydrogen-bond acceptors (Lipinski definition) is 6. The van der Waals surface area contributed by atoms with E-state index in [9.17, 15) is 28.3 Å². The van der Waals surface area contributed by atoms with Crippen molar-refractivity contribution in [1.82, 2.24) is 9.80 Å². The van der Waals surface area contributed by atoms with Gasteiger partial charge in [0.1, 0.15) is 6.61 Å². The summed E-state index contributed by atoms with van der Waals surface area (Å²) < 4.78 is 34.1. The van der Waals surface area contributed by atoms with Gasteiger partial charge in [-0.3, -0.25) is 19.2 Å². The van der Waals surface area contributed by atoms with Crippen LogP contribution in [-0.4, -0.2) is 76.7 Å². The monoisotopic (exact) mass is 901 g/mol. The highest BCUT2D eigenvalue weighted by molar-refractivity contribution is 6.07. The van der Waals surface area contributed by atoms with Crippen LogP contribution in [0.15, 0.2) is 41.5 Å². The van der Waals surface area contributed by atoms with Crippen molar-refractivity contribution in [2.45, 2.75) is 171 Å². The smallest absolute Gasteiger partial charge is 0.310 e. The Kier molecular flexibility index (Phi) is 11.3. The predicted molar refractivity (Wildman–Crippen MR) is 246 cm³/mol. The highest BCUT2D eigenvalue weighted by Crippen LogP contribution is 2.79. The maximum Gasteiger partial charge on any atom is 0.310 e. The average molecular weight is 901 g/mol. The second-order valence-corrected chi connectivity index (χ2v) is 25.0. The van der Waals surface area contributed by atoms with Crippen molar-refractivity contribution in [3.05, 3.63) is 47.0 Å². The number of amides is 1. The van der Waals surface area contributed by atoms with Crippen LogP contribution in [0.25, 0.3) is 0 Å². The number of alkyl halides is 2. The van der Waals surface area contributed by atoms with Gasteiger partial charge in [-0.2, -0.15) is 0 Å². The maximum absolute atomic E-state index is 15.4. The van der Waals surface area contributed by atoms with Crippen molar-refractivity contribution >= 4 is 23.6 Å². The molecule has 1 N–H and O–H groups in total. The third-order valence-corrected chi connectivity index (χ3v) is 21.6. The van der Waals surface area contributed by atoms with E-state index in [-0.39, 0.29) is 89.0 Å². The molecule has 0 radical (unpaired) electrons. The van der Waals surface area contributed by atoms with Gasteiger partial charge in [0, 0.05) is 51.5 Å². The normalized spacial score (nSPS) is 41.8. The molecule has 0 spiro atoms. The molecule has 5 saturated carbocycles. The molecule has 0 unspecified atom stereocenters. The van der Waals surface area contributed by atoms with Gasteiger partial charge in [0.2, 0.25) is 5.91 Å². The Labute approximate surface area is 387 Å². The Morgan fingerprint density at radius 3 is 2.12 bits per heavy atom.